The molecule has 3 heterocycles. The number of nitrogens with two attached hydrogens (primary N) is 3. The summed E-state index contributed by atoms with van der Waals surface area (Å²) >= 11 is 0. The Balaban J connectivity index is 2.13. The SMILES string of the molecule is Cc1cccnc1C(N)=Nc1nc(N)nc2c1cnn2CCN. The quantitative estimate of drug-likeness (QED) is 0.457. The van der Waals surface area contributed by atoms with E-state index in [0.717, 1.165) is 5.56 Å². The van der Waals surface area contributed by atoms with E-state index in [1.54, 1.807) is 17.1 Å². The summed E-state index contributed by atoms with van der Waals surface area (Å²) in [4.78, 5) is 17.0. The van der Waals surface area contributed by atoms with Crippen LogP contribution in [-0.4, -0.2) is 37.1 Å². The second-order valence-electron chi connectivity index (χ2n) is 4.97. The van der Waals surface area contributed by atoms with Crippen molar-refractivity contribution in [1.29, 1.82) is 0 Å². The highest BCUT2D eigenvalue weighted by Crippen LogP contribution is 2.24. The Morgan fingerprint density at radius 3 is 2.91 bits per heavy atom. The molecule has 0 aromatic carbocycles. The van der Waals surface area contributed by atoms with Crippen LogP contribution in [0, 0.1) is 6.92 Å². The van der Waals surface area contributed by atoms with E-state index in [2.05, 4.69) is 25.0 Å². The lowest BCUT2D eigenvalue weighted by Gasteiger charge is -2.05. The molecule has 0 amide bonds. The second-order valence-corrected chi connectivity index (χ2v) is 4.97. The number of amidine groups is 1. The van der Waals surface area contributed by atoms with Gasteiger partial charge in [-0.2, -0.15) is 15.1 Å². The van der Waals surface area contributed by atoms with E-state index in [9.17, 15) is 0 Å². The number of aryl methyl sites for hydroxylation is 1. The van der Waals surface area contributed by atoms with E-state index >= 15 is 0 Å². The Morgan fingerprint density at radius 1 is 1.35 bits per heavy atom. The summed E-state index contributed by atoms with van der Waals surface area (Å²) < 4.78 is 1.66. The Bertz CT molecular complexity index is 881. The lowest BCUT2D eigenvalue weighted by atomic mass is 10.2. The molecule has 0 aliphatic heterocycles. The van der Waals surface area contributed by atoms with Gasteiger partial charge in [0, 0.05) is 12.7 Å². The van der Waals surface area contributed by atoms with Gasteiger partial charge in [0.05, 0.1) is 18.1 Å². The number of aliphatic imine (C=N–C) groups is 1. The van der Waals surface area contributed by atoms with Gasteiger partial charge in [0.15, 0.2) is 17.3 Å². The summed E-state index contributed by atoms with van der Waals surface area (Å²) in [7, 11) is 0. The average molecular weight is 311 g/mol. The second kappa shape index (κ2) is 5.97. The molecule has 0 atom stereocenters. The summed E-state index contributed by atoms with van der Waals surface area (Å²) in [5.74, 6) is 0.716. The number of hydrogen-bond acceptors (Lipinski definition) is 7. The third-order valence-electron chi connectivity index (χ3n) is 3.31. The minimum atomic E-state index is 0.0977. The fourth-order valence-electron chi connectivity index (χ4n) is 2.25. The summed E-state index contributed by atoms with van der Waals surface area (Å²) in [6.45, 7) is 2.88. The van der Waals surface area contributed by atoms with E-state index in [-0.39, 0.29) is 11.8 Å². The molecule has 0 bridgehead atoms. The average Bonchev–Trinajstić information content (AvgIpc) is 2.91. The predicted molar refractivity (Wildman–Crippen MR) is 88.1 cm³/mol. The molecular weight excluding hydrogens is 294 g/mol. The van der Waals surface area contributed by atoms with Crippen LogP contribution < -0.4 is 17.2 Å². The molecule has 0 saturated heterocycles. The third kappa shape index (κ3) is 2.81. The van der Waals surface area contributed by atoms with Crippen molar-refractivity contribution in [3.8, 4) is 0 Å². The summed E-state index contributed by atoms with van der Waals surface area (Å²) in [6.07, 6.45) is 3.29. The number of nitrogen functional groups attached to an aromatic ring is 1. The molecular formula is C14H17N9. The Kier molecular flexibility index (Phi) is 3.85. The molecule has 0 aliphatic carbocycles. The summed E-state index contributed by atoms with van der Waals surface area (Å²) in [6, 6.07) is 3.75. The van der Waals surface area contributed by atoms with Gasteiger partial charge in [-0.1, -0.05) is 6.07 Å². The molecule has 9 heteroatoms. The third-order valence-corrected chi connectivity index (χ3v) is 3.31. The van der Waals surface area contributed by atoms with E-state index in [0.29, 0.717) is 35.6 Å². The van der Waals surface area contributed by atoms with E-state index in [4.69, 9.17) is 17.2 Å². The number of pyridine rings is 1. The minimum absolute atomic E-state index is 0.0977. The summed E-state index contributed by atoms with van der Waals surface area (Å²) in [5, 5.41) is 4.89. The van der Waals surface area contributed by atoms with Crippen LogP contribution in [0.25, 0.3) is 11.0 Å². The van der Waals surface area contributed by atoms with Crippen molar-refractivity contribution in [2.24, 2.45) is 16.5 Å². The number of rotatable bonds is 4. The highest BCUT2D eigenvalue weighted by molar-refractivity contribution is 6.00. The highest BCUT2D eigenvalue weighted by atomic mass is 15.3. The van der Waals surface area contributed by atoms with Gasteiger partial charge < -0.3 is 17.2 Å². The van der Waals surface area contributed by atoms with Crippen molar-refractivity contribution in [2.75, 3.05) is 12.3 Å². The smallest absolute Gasteiger partial charge is 0.224 e. The van der Waals surface area contributed by atoms with Crippen LogP contribution in [0.4, 0.5) is 11.8 Å². The van der Waals surface area contributed by atoms with Gasteiger partial charge in [-0.05, 0) is 18.6 Å². The predicted octanol–water partition coefficient (Wildman–Crippen LogP) is 0.108. The van der Waals surface area contributed by atoms with Crippen molar-refractivity contribution in [1.82, 2.24) is 24.7 Å². The van der Waals surface area contributed by atoms with E-state index < -0.39 is 0 Å². The molecule has 0 radical (unpaired) electrons. The number of hydrogen-bond donors (Lipinski definition) is 3. The van der Waals surface area contributed by atoms with Crippen molar-refractivity contribution < 1.29 is 0 Å². The van der Waals surface area contributed by atoms with E-state index in [1.807, 2.05) is 19.1 Å². The lowest BCUT2D eigenvalue weighted by molar-refractivity contribution is 0.640. The molecule has 6 N–H and O–H groups in total. The first-order valence-electron chi connectivity index (χ1n) is 7.05. The maximum absolute atomic E-state index is 6.07. The van der Waals surface area contributed by atoms with Gasteiger partial charge in [0.2, 0.25) is 5.95 Å². The molecule has 0 saturated carbocycles. The van der Waals surface area contributed by atoms with Crippen LogP contribution >= 0.6 is 0 Å². The molecule has 0 aliphatic rings. The van der Waals surface area contributed by atoms with Gasteiger partial charge in [0.1, 0.15) is 5.69 Å². The van der Waals surface area contributed by atoms with Crippen LogP contribution in [0.3, 0.4) is 0 Å². The molecule has 0 unspecified atom stereocenters. The standard InChI is InChI=1S/C14H17N9/c1-8-3-2-5-18-10(8)11(16)20-12-9-7-19-23(6-4-15)13(9)22-14(17)21-12/h2-3,5,7H,4,6,15H2,1H3,(H4,16,17,20,21,22). The molecule has 9 nitrogen and oxygen atoms in total. The van der Waals surface area contributed by atoms with Crippen molar-refractivity contribution in [3.63, 3.8) is 0 Å². The summed E-state index contributed by atoms with van der Waals surface area (Å²) in [5.41, 5.74) is 19.5. The molecule has 118 valence electrons. The maximum Gasteiger partial charge on any atom is 0.224 e. The largest absolute Gasteiger partial charge is 0.382 e. The topological polar surface area (TPSA) is 147 Å². The van der Waals surface area contributed by atoms with Crippen molar-refractivity contribution in [3.05, 3.63) is 35.8 Å². The van der Waals surface area contributed by atoms with Gasteiger partial charge in [-0.3, -0.25) is 4.98 Å². The van der Waals surface area contributed by atoms with Gasteiger partial charge >= 0.3 is 0 Å². The van der Waals surface area contributed by atoms with Gasteiger partial charge in [-0.15, -0.1) is 0 Å². The zero-order chi connectivity index (χ0) is 16.4. The first kappa shape index (κ1) is 14.9. The van der Waals surface area contributed by atoms with Gasteiger partial charge in [-0.25, -0.2) is 9.67 Å². The maximum atomic E-state index is 6.07. The van der Waals surface area contributed by atoms with Crippen LogP contribution in [0.1, 0.15) is 11.3 Å². The molecule has 3 aromatic rings. The lowest BCUT2D eigenvalue weighted by Crippen LogP contribution is -2.16. The van der Waals surface area contributed by atoms with Crippen molar-refractivity contribution >= 4 is 28.6 Å². The minimum Gasteiger partial charge on any atom is -0.382 e. The Morgan fingerprint density at radius 2 is 2.17 bits per heavy atom. The fourth-order valence-corrected chi connectivity index (χ4v) is 2.25. The van der Waals surface area contributed by atoms with Crippen LogP contribution in [-0.2, 0) is 6.54 Å². The van der Waals surface area contributed by atoms with E-state index in [1.165, 1.54) is 0 Å². The zero-order valence-corrected chi connectivity index (χ0v) is 12.6. The molecule has 23 heavy (non-hydrogen) atoms. The number of aromatic nitrogens is 5. The Labute approximate surface area is 132 Å². The number of anilines is 1. The fraction of sp³-hybridized carbons (Fsp3) is 0.214. The molecule has 3 rings (SSSR count). The Hall–Kier alpha value is -3.07. The molecule has 0 spiro atoms. The number of fused-ring (bicyclic) bond motifs is 1. The van der Waals surface area contributed by atoms with Crippen LogP contribution in [0.2, 0.25) is 0 Å². The molecule has 0 fully saturated rings. The first-order valence-corrected chi connectivity index (χ1v) is 7.05. The monoisotopic (exact) mass is 311 g/mol. The van der Waals surface area contributed by atoms with Gasteiger partial charge in [0.25, 0.3) is 0 Å². The van der Waals surface area contributed by atoms with Crippen LogP contribution in [0.5, 0.6) is 0 Å². The first-order chi connectivity index (χ1) is 11.1. The van der Waals surface area contributed by atoms with Crippen LogP contribution in [0.15, 0.2) is 29.5 Å². The van der Waals surface area contributed by atoms with Crippen molar-refractivity contribution in [2.45, 2.75) is 13.5 Å². The normalized spacial score (nSPS) is 12.0. The highest BCUT2D eigenvalue weighted by Gasteiger charge is 2.13. The molecule has 3 aromatic heterocycles. The zero-order valence-electron chi connectivity index (χ0n) is 12.6. The number of nitrogens with zero attached hydrogens (tertiary/aromatic N) is 6.